The van der Waals surface area contributed by atoms with Crippen LogP contribution < -0.4 is 5.56 Å². The molecule has 156 valence electrons. The third kappa shape index (κ3) is 3.82. The summed E-state index contributed by atoms with van der Waals surface area (Å²) in [4.78, 5) is 23.5. The van der Waals surface area contributed by atoms with Gasteiger partial charge in [-0.2, -0.15) is 0 Å². The summed E-state index contributed by atoms with van der Waals surface area (Å²) in [5.41, 5.74) is 1.66. The Morgan fingerprint density at radius 3 is 2.77 bits per heavy atom. The number of nitrogens with one attached hydrogen (secondary N) is 1. The molecule has 0 amide bonds. The van der Waals surface area contributed by atoms with Crippen molar-refractivity contribution in [2.24, 2.45) is 7.05 Å². The quantitative estimate of drug-likeness (QED) is 0.320. The number of benzene rings is 1. The highest BCUT2D eigenvalue weighted by Crippen LogP contribution is 2.35. The van der Waals surface area contributed by atoms with Crippen LogP contribution in [0, 0.1) is 6.92 Å². The van der Waals surface area contributed by atoms with Gasteiger partial charge in [0.05, 0.1) is 16.2 Å². The lowest BCUT2D eigenvalue weighted by Gasteiger charge is -2.05. The van der Waals surface area contributed by atoms with Crippen molar-refractivity contribution < 1.29 is 0 Å². The average molecular weight is 486 g/mol. The predicted molar refractivity (Wildman–Crippen MR) is 129 cm³/mol. The maximum Gasteiger partial charge on any atom is 0.260 e. The lowest BCUT2D eigenvalue weighted by atomic mass is 10.2. The molecule has 0 radical (unpaired) electrons. The fourth-order valence-electron chi connectivity index (χ4n) is 3.27. The Hall–Kier alpha value is -2.46. The number of hydrogen-bond acceptors (Lipinski definition) is 7. The molecule has 0 bridgehead atoms. The molecule has 5 rings (SSSR count). The van der Waals surface area contributed by atoms with Crippen molar-refractivity contribution in [2.45, 2.75) is 17.8 Å². The van der Waals surface area contributed by atoms with E-state index in [0.29, 0.717) is 27.8 Å². The van der Waals surface area contributed by atoms with Gasteiger partial charge in [0.25, 0.3) is 5.56 Å². The lowest BCUT2D eigenvalue weighted by Crippen LogP contribution is -2.10. The molecule has 0 saturated heterocycles. The van der Waals surface area contributed by atoms with Gasteiger partial charge in [0.2, 0.25) is 0 Å². The van der Waals surface area contributed by atoms with E-state index in [4.69, 9.17) is 11.6 Å². The van der Waals surface area contributed by atoms with E-state index in [2.05, 4.69) is 39.2 Å². The molecule has 10 heteroatoms. The van der Waals surface area contributed by atoms with Crippen molar-refractivity contribution in [2.75, 3.05) is 0 Å². The Morgan fingerprint density at radius 1 is 1.16 bits per heavy atom. The highest BCUT2D eigenvalue weighted by molar-refractivity contribution is 7.98. The monoisotopic (exact) mass is 485 g/mol. The second-order valence-electron chi connectivity index (χ2n) is 6.89. The predicted octanol–water partition coefficient (Wildman–Crippen LogP) is 5.76. The van der Waals surface area contributed by atoms with Gasteiger partial charge < -0.3 is 9.55 Å². The molecule has 4 aromatic heterocycles. The topological polar surface area (TPSA) is 76.5 Å². The first-order valence-corrected chi connectivity index (χ1v) is 12.4. The molecule has 0 unspecified atom stereocenters. The molecular weight excluding hydrogens is 470 g/mol. The third-order valence-corrected chi connectivity index (χ3v) is 8.05. The lowest BCUT2D eigenvalue weighted by molar-refractivity contribution is 0.793. The van der Waals surface area contributed by atoms with E-state index in [9.17, 15) is 4.79 Å². The number of thiophene rings is 2. The van der Waals surface area contributed by atoms with Gasteiger partial charge in [0, 0.05) is 33.3 Å². The standard InChI is InChI=1S/C21H16ClN5OS3/c1-11-7-8-15(31-11)13-9-29-20-17(13)19(28)23-16(24-20)10-30-21-26-25-18(27(21)2)12-5-3-4-6-14(12)22/h3-9H,10H2,1-2H3,(H,23,24,28). The SMILES string of the molecule is Cc1ccc(-c2csc3nc(CSc4nnc(-c5ccccc5Cl)n4C)[nH]c(=O)c23)s1. The molecule has 0 aliphatic heterocycles. The van der Waals surface area contributed by atoms with Crippen LogP contribution in [0.25, 0.3) is 32.0 Å². The van der Waals surface area contributed by atoms with Crippen LogP contribution in [0.3, 0.4) is 0 Å². The van der Waals surface area contributed by atoms with Gasteiger partial charge in [0.1, 0.15) is 10.7 Å². The second kappa shape index (κ2) is 8.23. The summed E-state index contributed by atoms with van der Waals surface area (Å²) < 4.78 is 1.89. The van der Waals surface area contributed by atoms with E-state index in [0.717, 1.165) is 26.0 Å². The van der Waals surface area contributed by atoms with Crippen molar-refractivity contribution >= 4 is 56.3 Å². The fourth-order valence-corrected chi connectivity index (χ4v) is 6.20. The molecule has 1 aromatic carbocycles. The molecule has 1 N–H and O–H groups in total. The van der Waals surface area contributed by atoms with Crippen molar-refractivity contribution in [3.8, 4) is 21.8 Å². The number of hydrogen-bond donors (Lipinski definition) is 1. The number of rotatable bonds is 5. The summed E-state index contributed by atoms with van der Waals surface area (Å²) in [6.07, 6.45) is 0. The maximum atomic E-state index is 12.8. The van der Waals surface area contributed by atoms with Crippen molar-refractivity contribution in [1.82, 2.24) is 24.7 Å². The largest absolute Gasteiger partial charge is 0.309 e. The number of aryl methyl sites for hydroxylation is 1. The van der Waals surface area contributed by atoms with Crippen LogP contribution in [0.2, 0.25) is 5.02 Å². The number of nitrogens with zero attached hydrogens (tertiary/aromatic N) is 4. The molecule has 0 aliphatic rings. The molecule has 5 aromatic rings. The zero-order chi connectivity index (χ0) is 21.5. The van der Waals surface area contributed by atoms with Crippen LogP contribution >= 0.6 is 46.0 Å². The van der Waals surface area contributed by atoms with E-state index >= 15 is 0 Å². The minimum Gasteiger partial charge on any atom is -0.309 e. The Bertz CT molecular complexity index is 1470. The zero-order valence-electron chi connectivity index (χ0n) is 16.5. The van der Waals surface area contributed by atoms with Crippen LogP contribution in [0.1, 0.15) is 10.7 Å². The number of fused-ring (bicyclic) bond motifs is 1. The smallest absolute Gasteiger partial charge is 0.260 e. The van der Waals surface area contributed by atoms with E-state index < -0.39 is 0 Å². The number of aromatic amines is 1. The Balaban J connectivity index is 1.41. The van der Waals surface area contributed by atoms with E-state index in [1.807, 2.05) is 41.3 Å². The molecule has 0 spiro atoms. The Morgan fingerprint density at radius 2 is 2.00 bits per heavy atom. The maximum absolute atomic E-state index is 12.8. The number of halogens is 1. The molecule has 31 heavy (non-hydrogen) atoms. The van der Waals surface area contributed by atoms with Crippen LogP contribution in [0.4, 0.5) is 0 Å². The first kappa shape index (κ1) is 20.4. The average Bonchev–Trinajstić information content (AvgIpc) is 3.46. The highest BCUT2D eigenvalue weighted by atomic mass is 35.5. The number of aromatic nitrogens is 5. The zero-order valence-corrected chi connectivity index (χ0v) is 19.8. The van der Waals surface area contributed by atoms with Crippen molar-refractivity contribution in [3.05, 3.63) is 67.9 Å². The van der Waals surface area contributed by atoms with E-state index in [1.54, 1.807) is 11.3 Å². The molecule has 0 fully saturated rings. The minimum atomic E-state index is -0.113. The normalized spacial score (nSPS) is 11.5. The minimum absolute atomic E-state index is 0.113. The molecule has 6 nitrogen and oxygen atoms in total. The molecule has 0 aliphatic carbocycles. The third-order valence-electron chi connectivity index (χ3n) is 4.79. The van der Waals surface area contributed by atoms with E-state index in [-0.39, 0.29) is 5.56 Å². The summed E-state index contributed by atoms with van der Waals surface area (Å²) in [5, 5.41) is 12.6. The highest BCUT2D eigenvalue weighted by Gasteiger charge is 2.16. The summed E-state index contributed by atoms with van der Waals surface area (Å²) >= 11 is 10.9. The van der Waals surface area contributed by atoms with Gasteiger partial charge in [0.15, 0.2) is 11.0 Å². The summed E-state index contributed by atoms with van der Waals surface area (Å²) in [6.45, 7) is 2.06. The molecule has 4 heterocycles. The second-order valence-corrected chi connectivity index (χ2v) is 10.4. The van der Waals surface area contributed by atoms with Crippen LogP contribution in [-0.2, 0) is 12.8 Å². The molecular formula is C21H16ClN5OS3. The van der Waals surface area contributed by atoms with Gasteiger partial charge in [-0.15, -0.1) is 32.9 Å². The van der Waals surface area contributed by atoms with Gasteiger partial charge in [-0.25, -0.2) is 4.98 Å². The van der Waals surface area contributed by atoms with E-state index in [1.165, 1.54) is 28.0 Å². The molecule has 0 atom stereocenters. The first-order chi connectivity index (χ1) is 15.0. The fraction of sp³-hybridized carbons (Fsp3) is 0.143. The number of H-pyrrole nitrogens is 1. The van der Waals surface area contributed by atoms with Crippen molar-refractivity contribution in [1.29, 1.82) is 0 Å². The van der Waals surface area contributed by atoms with Crippen molar-refractivity contribution in [3.63, 3.8) is 0 Å². The van der Waals surface area contributed by atoms with Gasteiger partial charge in [-0.3, -0.25) is 4.79 Å². The summed E-state index contributed by atoms with van der Waals surface area (Å²) in [5.74, 6) is 1.78. The number of thioether (sulfide) groups is 1. The molecule has 0 saturated carbocycles. The summed E-state index contributed by atoms with van der Waals surface area (Å²) in [6, 6.07) is 11.7. The van der Waals surface area contributed by atoms with Crippen LogP contribution in [0.15, 0.2) is 51.7 Å². The van der Waals surface area contributed by atoms with Gasteiger partial charge >= 0.3 is 0 Å². The Labute approximate surface area is 195 Å². The van der Waals surface area contributed by atoms with Gasteiger partial charge in [-0.1, -0.05) is 35.5 Å². The van der Waals surface area contributed by atoms with Gasteiger partial charge in [-0.05, 0) is 31.2 Å². The van der Waals surface area contributed by atoms with Crippen LogP contribution in [0.5, 0.6) is 0 Å². The first-order valence-electron chi connectivity index (χ1n) is 9.35. The van der Waals surface area contributed by atoms with Crippen LogP contribution in [-0.4, -0.2) is 24.7 Å². The Kier molecular flexibility index (Phi) is 5.43. The summed E-state index contributed by atoms with van der Waals surface area (Å²) in [7, 11) is 1.90.